The fraction of sp³-hybridized carbons (Fsp3) is 0.364. The summed E-state index contributed by atoms with van der Waals surface area (Å²) in [7, 11) is -2.47. The van der Waals surface area contributed by atoms with E-state index in [4.69, 9.17) is 37.8 Å². The van der Waals surface area contributed by atoms with Crippen molar-refractivity contribution in [1.82, 2.24) is 5.32 Å². The molecular weight excluding hydrogens is 343 g/mol. The first kappa shape index (κ1) is 18.0. The highest BCUT2D eigenvalue weighted by molar-refractivity contribution is 7.89. The van der Waals surface area contributed by atoms with Crippen LogP contribution in [0.15, 0.2) is 17.0 Å². The molecule has 0 aliphatic heterocycles. The minimum Gasteiger partial charge on any atom is -0.482 e. The summed E-state index contributed by atoms with van der Waals surface area (Å²) in [5.74, 6) is -0.300. The normalized spacial score (nSPS) is 11.2. The van der Waals surface area contributed by atoms with Gasteiger partial charge in [0.2, 0.25) is 10.0 Å². The first-order valence-electron chi connectivity index (χ1n) is 5.66. The maximum Gasteiger partial charge on any atom is 0.258 e. The van der Waals surface area contributed by atoms with Gasteiger partial charge in [0.1, 0.15) is 10.6 Å². The van der Waals surface area contributed by atoms with Crippen LogP contribution in [-0.4, -0.2) is 41.2 Å². The Balaban J connectivity index is 2.73. The number of benzene rings is 1. The smallest absolute Gasteiger partial charge is 0.258 e. The Labute approximate surface area is 132 Å². The van der Waals surface area contributed by atoms with Crippen LogP contribution in [0.1, 0.15) is 0 Å². The Bertz CT molecular complexity index is 621. The highest BCUT2D eigenvalue weighted by Crippen LogP contribution is 2.32. The van der Waals surface area contributed by atoms with Gasteiger partial charge in [-0.05, 0) is 6.07 Å². The first-order chi connectivity index (χ1) is 9.75. The number of ether oxygens (including phenoxy) is 2. The van der Waals surface area contributed by atoms with Crippen LogP contribution in [0.5, 0.6) is 5.75 Å². The van der Waals surface area contributed by atoms with E-state index in [0.29, 0.717) is 13.2 Å². The molecule has 0 atom stereocenters. The summed E-state index contributed by atoms with van der Waals surface area (Å²) in [6.45, 7) is 0.424. The average molecular weight is 357 g/mol. The Morgan fingerprint density at radius 3 is 2.57 bits per heavy atom. The minimum absolute atomic E-state index is 0.0203. The van der Waals surface area contributed by atoms with Crippen LogP contribution in [-0.2, 0) is 19.6 Å². The van der Waals surface area contributed by atoms with Gasteiger partial charge >= 0.3 is 0 Å². The number of primary sulfonamides is 1. The van der Waals surface area contributed by atoms with Gasteiger partial charge in [-0.25, -0.2) is 13.6 Å². The lowest BCUT2D eigenvalue weighted by Gasteiger charge is -2.10. The maximum absolute atomic E-state index is 11.4. The van der Waals surface area contributed by atoms with Crippen molar-refractivity contribution in [2.75, 3.05) is 26.9 Å². The molecule has 0 aliphatic rings. The molecule has 0 bridgehead atoms. The van der Waals surface area contributed by atoms with E-state index in [-0.39, 0.29) is 33.2 Å². The highest BCUT2D eigenvalue weighted by Gasteiger charge is 2.17. The summed E-state index contributed by atoms with van der Waals surface area (Å²) in [6, 6.07) is 2.25. The molecule has 1 aromatic rings. The lowest BCUT2D eigenvalue weighted by Crippen LogP contribution is -2.31. The number of nitrogens with one attached hydrogen (secondary N) is 1. The number of nitrogens with two attached hydrogens (primary N) is 1. The molecule has 1 aromatic carbocycles. The zero-order valence-electron chi connectivity index (χ0n) is 11.1. The molecule has 0 fully saturated rings. The van der Waals surface area contributed by atoms with Crippen molar-refractivity contribution in [2.24, 2.45) is 5.14 Å². The number of hydrogen-bond donors (Lipinski definition) is 2. The van der Waals surface area contributed by atoms with E-state index < -0.39 is 10.0 Å². The van der Waals surface area contributed by atoms with Gasteiger partial charge in [0.25, 0.3) is 5.91 Å². The summed E-state index contributed by atoms with van der Waals surface area (Å²) >= 11 is 11.7. The molecule has 0 radical (unpaired) electrons. The molecule has 10 heteroatoms. The van der Waals surface area contributed by atoms with Crippen molar-refractivity contribution in [3.8, 4) is 5.75 Å². The SMILES string of the molecule is COCCNC(=O)COc1cc(Cl)c(S(N)(=O)=O)cc1Cl. The Kier molecular flexibility index (Phi) is 6.69. The van der Waals surface area contributed by atoms with Crippen molar-refractivity contribution in [2.45, 2.75) is 4.90 Å². The molecular formula is C11H14Cl2N2O5S. The van der Waals surface area contributed by atoms with Gasteiger partial charge in [0.05, 0.1) is 16.7 Å². The van der Waals surface area contributed by atoms with Crippen molar-refractivity contribution in [3.05, 3.63) is 22.2 Å². The maximum atomic E-state index is 11.4. The zero-order chi connectivity index (χ0) is 16.0. The molecule has 0 unspecified atom stereocenters. The monoisotopic (exact) mass is 356 g/mol. The molecule has 1 rings (SSSR count). The van der Waals surface area contributed by atoms with Crippen LogP contribution in [0.25, 0.3) is 0 Å². The molecule has 3 N–H and O–H groups in total. The van der Waals surface area contributed by atoms with Gasteiger partial charge in [0, 0.05) is 19.7 Å². The summed E-state index contributed by atoms with van der Waals surface area (Å²) in [5.41, 5.74) is 0. The fourth-order valence-corrected chi connectivity index (χ4v) is 2.70. The van der Waals surface area contributed by atoms with Gasteiger partial charge in [-0.15, -0.1) is 0 Å². The second-order valence-electron chi connectivity index (χ2n) is 3.89. The van der Waals surface area contributed by atoms with E-state index >= 15 is 0 Å². The third-order valence-corrected chi connectivity index (χ3v) is 3.95. The Hall–Kier alpha value is -1.06. The number of amides is 1. The van der Waals surface area contributed by atoms with Gasteiger partial charge < -0.3 is 14.8 Å². The van der Waals surface area contributed by atoms with E-state index in [1.807, 2.05) is 0 Å². The predicted octanol–water partition coefficient (Wildman–Crippen LogP) is 0.782. The van der Waals surface area contributed by atoms with Crippen LogP contribution >= 0.6 is 23.2 Å². The van der Waals surface area contributed by atoms with Gasteiger partial charge in [-0.1, -0.05) is 23.2 Å². The number of halogens is 2. The third kappa shape index (κ3) is 5.68. The van der Waals surface area contributed by atoms with Gasteiger partial charge in [-0.2, -0.15) is 0 Å². The quantitative estimate of drug-likeness (QED) is 0.702. The molecule has 0 spiro atoms. The van der Waals surface area contributed by atoms with Crippen molar-refractivity contribution < 1.29 is 22.7 Å². The van der Waals surface area contributed by atoms with Crippen LogP contribution in [0.2, 0.25) is 10.0 Å². The highest BCUT2D eigenvalue weighted by atomic mass is 35.5. The van der Waals surface area contributed by atoms with Crippen molar-refractivity contribution in [1.29, 1.82) is 0 Å². The van der Waals surface area contributed by atoms with E-state index in [2.05, 4.69) is 5.32 Å². The summed E-state index contributed by atoms with van der Waals surface area (Å²) in [5, 5.41) is 7.36. The van der Waals surface area contributed by atoms with Crippen molar-refractivity contribution >= 4 is 39.1 Å². The third-order valence-electron chi connectivity index (χ3n) is 2.28. The summed E-state index contributed by atoms with van der Waals surface area (Å²) in [6.07, 6.45) is 0. The van der Waals surface area contributed by atoms with Gasteiger partial charge in [-0.3, -0.25) is 4.79 Å². The van der Waals surface area contributed by atoms with E-state index in [0.717, 1.165) is 6.07 Å². The number of carbonyl (C=O) groups is 1. The summed E-state index contributed by atoms with van der Waals surface area (Å²) < 4.78 is 32.4. The fourth-order valence-electron chi connectivity index (χ4n) is 1.33. The van der Waals surface area contributed by atoms with Crippen LogP contribution < -0.4 is 15.2 Å². The predicted molar refractivity (Wildman–Crippen MR) is 78.2 cm³/mol. The second-order valence-corrected chi connectivity index (χ2v) is 6.23. The van der Waals surface area contributed by atoms with Crippen LogP contribution in [0.3, 0.4) is 0 Å². The molecule has 0 saturated carbocycles. The Morgan fingerprint density at radius 1 is 1.33 bits per heavy atom. The number of hydrogen-bond acceptors (Lipinski definition) is 5. The molecule has 118 valence electrons. The van der Waals surface area contributed by atoms with Crippen LogP contribution in [0.4, 0.5) is 0 Å². The standard InChI is InChI=1S/C11H14Cl2N2O5S/c1-19-3-2-15-11(16)6-20-9-4-8(13)10(5-7(9)12)21(14,17)18/h4-5H,2-3,6H2,1H3,(H,15,16)(H2,14,17,18). The molecule has 1 amide bonds. The van der Waals surface area contributed by atoms with E-state index in [1.54, 1.807) is 0 Å². The van der Waals surface area contributed by atoms with Gasteiger partial charge in [0.15, 0.2) is 6.61 Å². The molecule has 0 aliphatic carbocycles. The molecule has 0 heterocycles. The lowest BCUT2D eigenvalue weighted by molar-refractivity contribution is -0.123. The molecule has 0 saturated heterocycles. The number of carbonyl (C=O) groups excluding carboxylic acids is 1. The number of sulfonamides is 1. The first-order valence-corrected chi connectivity index (χ1v) is 7.96. The summed E-state index contributed by atoms with van der Waals surface area (Å²) in [4.78, 5) is 11.1. The van der Waals surface area contributed by atoms with Crippen LogP contribution in [0, 0.1) is 0 Å². The average Bonchev–Trinajstić information content (AvgIpc) is 2.38. The lowest BCUT2D eigenvalue weighted by atomic mass is 10.3. The Morgan fingerprint density at radius 2 is 2.00 bits per heavy atom. The molecule has 7 nitrogen and oxygen atoms in total. The van der Waals surface area contributed by atoms with Crippen molar-refractivity contribution in [3.63, 3.8) is 0 Å². The van der Waals surface area contributed by atoms with E-state index in [9.17, 15) is 13.2 Å². The zero-order valence-corrected chi connectivity index (χ0v) is 13.4. The molecule has 0 aromatic heterocycles. The second kappa shape index (κ2) is 7.81. The molecule has 21 heavy (non-hydrogen) atoms. The largest absolute Gasteiger partial charge is 0.482 e. The van der Waals surface area contributed by atoms with E-state index in [1.165, 1.54) is 13.2 Å². The number of methoxy groups -OCH3 is 1. The topological polar surface area (TPSA) is 108 Å². The minimum atomic E-state index is -3.98. The number of rotatable bonds is 7.